The highest BCUT2D eigenvalue weighted by Gasteiger charge is 2.41. The lowest BCUT2D eigenvalue weighted by Crippen LogP contribution is -2.55. The van der Waals surface area contributed by atoms with Crippen LogP contribution in [0.3, 0.4) is 0 Å². The molecule has 130 valence electrons. The van der Waals surface area contributed by atoms with Gasteiger partial charge in [-0.15, -0.1) is 0 Å². The standard InChI is InChI=1S/C13H22N4O6/c1-5(19)16-10-7(11(21)9(20)4-18)2-6(12(22)23)3-8(10)17-13(14)15/h3,7-11,18,20-21H,2,4H2,1H3,(H,16,19)(H,22,23)(H4,14,15,17)/t7-,8+,9-,10+,11+/m1/s1/i13-1. The monoisotopic (exact) mass is 329 g/mol. The van der Waals surface area contributed by atoms with Crippen LogP contribution in [0.15, 0.2) is 16.6 Å². The SMILES string of the molecule is CC(=O)N[C@H]1[C@H]([C@H](O)[C@H](O)CO)CC(C(=O)O)=C[C@@H]1N=[11C](N)N. The molecule has 10 nitrogen and oxygen atoms in total. The highest BCUT2D eigenvalue weighted by molar-refractivity contribution is 5.87. The van der Waals surface area contributed by atoms with Crippen LogP contribution >= 0.6 is 0 Å². The highest BCUT2D eigenvalue weighted by Crippen LogP contribution is 2.31. The normalized spacial score (nSPS) is 26.6. The smallest absolute Gasteiger partial charge is 0.331 e. The van der Waals surface area contributed by atoms with Gasteiger partial charge in [0, 0.05) is 18.4 Å². The summed E-state index contributed by atoms with van der Waals surface area (Å²) in [5.41, 5.74) is 10.6. The van der Waals surface area contributed by atoms with Gasteiger partial charge in [-0.3, -0.25) is 4.79 Å². The lowest BCUT2D eigenvalue weighted by molar-refractivity contribution is -0.133. The minimum Gasteiger partial charge on any atom is -0.478 e. The van der Waals surface area contributed by atoms with Crippen LogP contribution in [-0.2, 0) is 9.59 Å². The van der Waals surface area contributed by atoms with Crippen molar-refractivity contribution in [3.05, 3.63) is 11.6 Å². The molecular weight excluding hydrogens is 307 g/mol. The third-order valence-corrected chi connectivity index (χ3v) is 3.62. The molecule has 9 N–H and O–H groups in total. The Balaban J connectivity index is 3.28. The summed E-state index contributed by atoms with van der Waals surface area (Å²) in [5, 5.41) is 40.6. The zero-order valence-electron chi connectivity index (χ0n) is 12.6. The van der Waals surface area contributed by atoms with Crippen LogP contribution in [-0.4, -0.2) is 69.2 Å². The zero-order valence-corrected chi connectivity index (χ0v) is 12.6. The molecule has 0 spiro atoms. The van der Waals surface area contributed by atoms with E-state index < -0.39 is 48.7 Å². The fraction of sp³-hybridized carbons (Fsp3) is 0.615. The number of nitrogens with zero attached hydrogens (tertiary/aromatic N) is 1. The first-order valence-corrected chi connectivity index (χ1v) is 6.94. The van der Waals surface area contributed by atoms with Gasteiger partial charge >= 0.3 is 5.97 Å². The number of aliphatic carboxylic acids is 1. The topological polar surface area (TPSA) is 191 Å². The Bertz CT molecular complexity index is 517. The molecule has 0 unspecified atom stereocenters. The summed E-state index contributed by atoms with van der Waals surface area (Å²) in [6, 6.07) is -1.76. The molecule has 23 heavy (non-hydrogen) atoms. The van der Waals surface area contributed by atoms with E-state index in [0.29, 0.717) is 0 Å². The summed E-state index contributed by atoms with van der Waals surface area (Å²) < 4.78 is 0. The van der Waals surface area contributed by atoms with Crippen LogP contribution in [0.25, 0.3) is 0 Å². The predicted octanol–water partition coefficient (Wildman–Crippen LogP) is -3.12. The van der Waals surface area contributed by atoms with E-state index >= 15 is 0 Å². The fourth-order valence-electron chi connectivity index (χ4n) is 2.61. The van der Waals surface area contributed by atoms with Crippen LogP contribution in [0, 0.1) is 5.92 Å². The van der Waals surface area contributed by atoms with Gasteiger partial charge < -0.3 is 37.2 Å². The Labute approximate surface area is 132 Å². The van der Waals surface area contributed by atoms with Crippen LogP contribution in [0.5, 0.6) is 0 Å². The second kappa shape index (κ2) is 7.90. The van der Waals surface area contributed by atoms with E-state index in [1.807, 2.05) is 0 Å². The van der Waals surface area contributed by atoms with Crippen molar-refractivity contribution < 1.29 is 30.0 Å². The van der Waals surface area contributed by atoms with Gasteiger partial charge in [-0.25, -0.2) is 9.79 Å². The van der Waals surface area contributed by atoms with Gasteiger partial charge in [-0.05, 0) is 12.5 Å². The fourth-order valence-corrected chi connectivity index (χ4v) is 2.61. The number of carbonyl (C=O) groups is 2. The summed E-state index contributed by atoms with van der Waals surface area (Å²) in [5.74, 6) is -2.87. The van der Waals surface area contributed by atoms with Gasteiger partial charge in [-0.1, -0.05) is 0 Å². The summed E-state index contributed by atoms with van der Waals surface area (Å²) in [4.78, 5) is 26.6. The number of hydrogen-bond donors (Lipinski definition) is 7. The molecule has 0 radical (unpaired) electrons. The molecule has 1 aliphatic rings. The zero-order chi connectivity index (χ0) is 17.7. The Morgan fingerprint density at radius 2 is 2.04 bits per heavy atom. The molecule has 0 aromatic rings. The van der Waals surface area contributed by atoms with Crippen molar-refractivity contribution in [2.45, 2.75) is 37.6 Å². The van der Waals surface area contributed by atoms with Crippen molar-refractivity contribution >= 4 is 17.8 Å². The summed E-state index contributed by atoms with van der Waals surface area (Å²) in [6.45, 7) is 0.526. The maximum Gasteiger partial charge on any atom is 0.331 e. The van der Waals surface area contributed by atoms with Gasteiger partial charge in [0.2, 0.25) is 5.91 Å². The summed E-state index contributed by atoms with van der Waals surface area (Å²) in [7, 11) is 0. The second-order valence-corrected chi connectivity index (χ2v) is 5.38. The molecule has 1 rings (SSSR count). The molecule has 0 fully saturated rings. The Kier molecular flexibility index (Phi) is 6.49. The number of aliphatic hydroxyl groups is 3. The van der Waals surface area contributed by atoms with E-state index in [9.17, 15) is 24.9 Å². The molecule has 0 aromatic heterocycles. The quantitative estimate of drug-likeness (QED) is 0.196. The van der Waals surface area contributed by atoms with Crippen molar-refractivity contribution in [2.75, 3.05) is 6.61 Å². The van der Waals surface area contributed by atoms with Crippen LogP contribution < -0.4 is 16.8 Å². The third-order valence-electron chi connectivity index (χ3n) is 3.62. The number of carbonyl (C=O) groups excluding carboxylic acids is 1. The Morgan fingerprint density at radius 1 is 1.43 bits per heavy atom. The number of aliphatic imine (C=N–C) groups is 1. The maximum absolute atomic E-state index is 11.4. The van der Waals surface area contributed by atoms with Gasteiger partial charge in [0.05, 0.1) is 24.8 Å². The molecule has 0 aromatic carbocycles. The lowest BCUT2D eigenvalue weighted by Gasteiger charge is -2.38. The number of rotatable bonds is 6. The van der Waals surface area contributed by atoms with Crippen molar-refractivity contribution in [1.29, 1.82) is 0 Å². The van der Waals surface area contributed by atoms with Gasteiger partial charge in [0.1, 0.15) is 6.10 Å². The first-order valence-electron chi connectivity index (χ1n) is 6.94. The first-order chi connectivity index (χ1) is 10.7. The molecule has 0 aliphatic heterocycles. The summed E-state index contributed by atoms with van der Waals surface area (Å²) in [6.07, 6.45) is -1.81. The maximum atomic E-state index is 11.4. The van der Waals surface area contributed by atoms with E-state index in [1.54, 1.807) is 0 Å². The molecule has 1 aliphatic carbocycles. The molecule has 5 atom stereocenters. The van der Waals surface area contributed by atoms with E-state index in [-0.39, 0.29) is 18.0 Å². The average molecular weight is 329 g/mol. The van der Waals surface area contributed by atoms with Crippen molar-refractivity contribution in [3.8, 4) is 0 Å². The number of guanidine groups is 1. The van der Waals surface area contributed by atoms with Gasteiger partial charge in [-0.2, -0.15) is 0 Å². The van der Waals surface area contributed by atoms with Crippen LogP contribution in [0.4, 0.5) is 0 Å². The van der Waals surface area contributed by atoms with Crippen molar-refractivity contribution in [2.24, 2.45) is 22.4 Å². The molecule has 0 saturated heterocycles. The highest BCUT2D eigenvalue weighted by atomic mass is 16.4. The number of carboxylic acids is 1. The number of carboxylic acid groups (broad SMARTS) is 1. The third kappa shape index (κ3) is 4.91. The van der Waals surface area contributed by atoms with Crippen LogP contribution in [0.2, 0.25) is 0 Å². The van der Waals surface area contributed by atoms with Gasteiger partial charge in [0.25, 0.3) is 0 Å². The number of hydrogen-bond acceptors (Lipinski definition) is 6. The number of nitrogens with two attached hydrogens (primary N) is 2. The molecule has 0 heterocycles. The number of amides is 1. The van der Waals surface area contributed by atoms with Gasteiger partial charge in [0.15, 0.2) is 5.96 Å². The van der Waals surface area contributed by atoms with Crippen LogP contribution in [0.1, 0.15) is 13.3 Å². The largest absolute Gasteiger partial charge is 0.478 e. The molecular formula is C13H22N4O6. The van der Waals surface area contributed by atoms with Crippen molar-refractivity contribution in [1.82, 2.24) is 5.32 Å². The van der Waals surface area contributed by atoms with E-state index in [2.05, 4.69) is 10.3 Å². The number of aliphatic hydroxyl groups excluding tert-OH is 3. The Hall–Kier alpha value is -2.17. The molecule has 0 bridgehead atoms. The molecule has 10 heteroatoms. The van der Waals surface area contributed by atoms with E-state index in [4.69, 9.17) is 16.6 Å². The lowest BCUT2D eigenvalue weighted by atomic mass is 9.76. The minimum atomic E-state index is -1.50. The minimum absolute atomic E-state index is 0.0595. The summed E-state index contributed by atoms with van der Waals surface area (Å²) >= 11 is 0. The molecule has 0 saturated carbocycles. The number of nitrogens with one attached hydrogen (secondary N) is 1. The van der Waals surface area contributed by atoms with E-state index in [1.165, 1.54) is 13.0 Å². The second-order valence-electron chi connectivity index (χ2n) is 5.38. The van der Waals surface area contributed by atoms with Crippen molar-refractivity contribution in [3.63, 3.8) is 0 Å². The Morgan fingerprint density at radius 3 is 2.48 bits per heavy atom. The molecule has 1 amide bonds. The average Bonchev–Trinajstić information content (AvgIpc) is 2.45. The first kappa shape index (κ1) is 18.9. The van der Waals surface area contributed by atoms with E-state index in [0.717, 1.165) is 0 Å². The predicted molar refractivity (Wildman–Crippen MR) is 80.1 cm³/mol.